The Bertz CT molecular complexity index is 642. The van der Waals surface area contributed by atoms with Crippen LogP contribution in [0.15, 0.2) is 53.6 Å². The van der Waals surface area contributed by atoms with Crippen LogP contribution in [-0.2, 0) is 4.79 Å². The Kier molecular flexibility index (Phi) is 4.76. The van der Waals surface area contributed by atoms with Crippen molar-refractivity contribution in [2.24, 2.45) is 5.10 Å². The van der Waals surface area contributed by atoms with Gasteiger partial charge in [-0.05, 0) is 24.3 Å². The number of hydrogen-bond acceptors (Lipinski definition) is 5. The van der Waals surface area contributed by atoms with Crippen molar-refractivity contribution in [2.45, 2.75) is 0 Å². The van der Waals surface area contributed by atoms with Gasteiger partial charge in [-0.25, -0.2) is 5.43 Å². The second kappa shape index (κ2) is 6.95. The van der Waals surface area contributed by atoms with E-state index in [4.69, 9.17) is 5.11 Å². The molecule has 108 valence electrons. The number of nitrogens with zero attached hydrogens (tertiary/aromatic N) is 1. The molecule has 0 aliphatic carbocycles. The summed E-state index contributed by atoms with van der Waals surface area (Å²) in [7, 11) is 0. The fourth-order valence-electron chi connectivity index (χ4n) is 1.59. The van der Waals surface area contributed by atoms with E-state index in [1.54, 1.807) is 0 Å². The molecule has 2 rings (SSSR count). The number of benzene rings is 2. The highest BCUT2D eigenvalue weighted by Crippen LogP contribution is 2.20. The largest absolute Gasteiger partial charge is 0.508 e. The molecule has 0 saturated heterocycles. The number of hydrogen-bond donors (Lipinski definition) is 4. The topological polar surface area (TPSA) is 94.0 Å². The SMILES string of the molecule is O=C(CNc1ccccc1)N/N=C/c1ccc(O)cc1O. The molecule has 2 aromatic carbocycles. The van der Waals surface area contributed by atoms with Gasteiger partial charge in [-0.1, -0.05) is 18.2 Å². The predicted molar refractivity (Wildman–Crippen MR) is 80.4 cm³/mol. The smallest absolute Gasteiger partial charge is 0.259 e. The Hall–Kier alpha value is -3.02. The molecular formula is C15H15N3O3. The molecule has 0 fully saturated rings. The lowest BCUT2D eigenvalue weighted by Gasteiger charge is -2.04. The summed E-state index contributed by atoms with van der Waals surface area (Å²) in [6.07, 6.45) is 1.30. The van der Waals surface area contributed by atoms with Gasteiger partial charge >= 0.3 is 0 Å². The molecule has 0 aromatic heterocycles. The van der Waals surface area contributed by atoms with Gasteiger partial charge in [0.2, 0.25) is 0 Å². The van der Waals surface area contributed by atoms with Crippen molar-refractivity contribution in [2.75, 3.05) is 11.9 Å². The van der Waals surface area contributed by atoms with Crippen molar-refractivity contribution >= 4 is 17.8 Å². The number of amides is 1. The first kappa shape index (κ1) is 14.4. The fraction of sp³-hybridized carbons (Fsp3) is 0.0667. The molecule has 0 radical (unpaired) electrons. The number of hydrazone groups is 1. The standard InChI is InChI=1S/C15H15N3O3/c19-13-7-6-11(14(20)8-13)9-17-18-15(21)10-16-12-4-2-1-3-5-12/h1-9,16,19-20H,10H2,(H,18,21)/b17-9+. The third-order valence-electron chi connectivity index (χ3n) is 2.63. The summed E-state index contributed by atoms with van der Waals surface area (Å²) in [5.74, 6) is -0.468. The molecule has 0 aliphatic heterocycles. The van der Waals surface area contributed by atoms with E-state index in [0.717, 1.165) is 5.69 Å². The van der Waals surface area contributed by atoms with Crippen LogP contribution < -0.4 is 10.7 Å². The minimum Gasteiger partial charge on any atom is -0.508 e. The summed E-state index contributed by atoms with van der Waals surface area (Å²) in [5.41, 5.74) is 3.57. The molecule has 6 nitrogen and oxygen atoms in total. The van der Waals surface area contributed by atoms with Crippen LogP contribution in [0, 0.1) is 0 Å². The Morgan fingerprint density at radius 2 is 1.90 bits per heavy atom. The van der Waals surface area contributed by atoms with Gasteiger partial charge < -0.3 is 15.5 Å². The minimum atomic E-state index is -0.312. The molecule has 2 aromatic rings. The molecule has 0 unspecified atom stereocenters. The van der Waals surface area contributed by atoms with Crippen LogP contribution in [0.2, 0.25) is 0 Å². The maximum absolute atomic E-state index is 11.6. The van der Waals surface area contributed by atoms with E-state index in [2.05, 4.69) is 15.8 Å². The predicted octanol–water partition coefficient (Wildman–Crippen LogP) is 1.66. The molecule has 0 heterocycles. The van der Waals surface area contributed by atoms with Crippen LogP contribution in [0.5, 0.6) is 11.5 Å². The van der Waals surface area contributed by atoms with Crippen LogP contribution in [-0.4, -0.2) is 28.9 Å². The molecule has 21 heavy (non-hydrogen) atoms. The highest BCUT2D eigenvalue weighted by Gasteiger charge is 2.01. The molecule has 1 amide bonds. The zero-order valence-electron chi connectivity index (χ0n) is 11.2. The van der Waals surface area contributed by atoms with Crippen LogP contribution in [0.25, 0.3) is 0 Å². The second-order valence-electron chi connectivity index (χ2n) is 4.26. The molecule has 0 saturated carbocycles. The lowest BCUT2D eigenvalue weighted by Crippen LogP contribution is -2.25. The summed E-state index contributed by atoms with van der Waals surface area (Å²) in [5, 5.41) is 25.4. The number of carbonyl (C=O) groups is 1. The van der Waals surface area contributed by atoms with E-state index in [9.17, 15) is 9.90 Å². The summed E-state index contributed by atoms with van der Waals surface area (Å²) < 4.78 is 0. The Labute approximate surface area is 121 Å². The summed E-state index contributed by atoms with van der Waals surface area (Å²) in [4.78, 5) is 11.6. The monoisotopic (exact) mass is 285 g/mol. The third kappa shape index (κ3) is 4.54. The Balaban J connectivity index is 1.82. The molecule has 0 spiro atoms. The quantitative estimate of drug-likeness (QED) is 0.496. The molecule has 0 atom stereocenters. The highest BCUT2D eigenvalue weighted by atomic mass is 16.3. The van der Waals surface area contributed by atoms with E-state index in [1.165, 1.54) is 24.4 Å². The number of aromatic hydroxyl groups is 2. The maximum Gasteiger partial charge on any atom is 0.259 e. The Morgan fingerprint density at radius 3 is 2.62 bits per heavy atom. The van der Waals surface area contributed by atoms with Crippen LogP contribution >= 0.6 is 0 Å². The molecule has 0 bridgehead atoms. The van der Waals surface area contributed by atoms with Crippen LogP contribution in [0.1, 0.15) is 5.56 Å². The van der Waals surface area contributed by atoms with E-state index in [-0.39, 0.29) is 24.0 Å². The van der Waals surface area contributed by atoms with E-state index in [1.807, 2.05) is 30.3 Å². The van der Waals surface area contributed by atoms with Crippen molar-refractivity contribution in [1.29, 1.82) is 0 Å². The first-order valence-corrected chi connectivity index (χ1v) is 6.28. The van der Waals surface area contributed by atoms with E-state index >= 15 is 0 Å². The zero-order valence-corrected chi connectivity index (χ0v) is 11.2. The average Bonchev–Trinajstić information content (AvgIpc) is 2.48. The van der Waals surface area contributed by atoms with Crippen molar-refractivity contribution in [3.05, 3.63) is 54.1 Å². The molecule has 0 aliphatic rings. The van der Waals surface area contributed by atoms with Gasteiger partial charge in [-0.3, -0.25) is 4.79 Å². The minimum absolute atomic E-state index is 0.0410. The number of carbonyl (C=O) groups excluding carboxylic acids is 1. The third-order valence-corrected chi connectivity index (χ3v) is 2.63. The van der Waals surface area contributed by atoms with Crippen molar-refractivity contribution in [3.8, 4) is 11.5 Å². The second-order valence-corrected chi connectivity index (χ2v) is 4.26. The zero-order chi connectivity index (χ0) is 15.1. The fourth-order valence-corrected chi connectivity index (χ4v) is 1.59. The maximum atomic E-state index is 11.6. The normalized spacial score (nSPS) is 10.5. The molecular weight excluding hydrogens is 270 g/mol. The number of rotatable bonds is 5. The molecule has 6 heteroatoms. The summed E-state index contributed by atoms with van der Waals surface area (Å²) in [6.45, 7) is 0.0862. The van der Waals surface area contributed by atoms with Crippen molar-refractivity contribution < 1.29 is 15.0 Å². The average molecular weight is 285 g/mol. The highest BCUT2D eigenvalue weighted by molar-refractivity contribution is 5.86. The van der Waals surface area contributed by atoms with Gasteiger partial charge in [0.1, 0.15) is 11.5 Å². The van der Waals surface area contributed by atoms with Crippen LogP contribution in [0.4, 0.5) is 5.69 Å². The van der Waals surface area contributed by atoms with Crippen molar-refractivity contribution in [3.63, 3.8) is 0 Å². The van der Waals surface area contributed by atoms with Gasteiger partial charge in [0.05, 0.1) is 12.8 Å². The van der Waals surface area contributed by atoms with E-state index in [0.29, 0.717) is 5.56 Å². The number of phenolic OH excluding ortho intramolecular Hbond substituents is 2. The van der Waals surface area contributed by atoms with Gasteiger partial charge in [-0.2, -0.15) is 5.10 Å². The number of anilines is 1. The first-order chi connectivity index (χ1) is 10.1. The van der Waals surface area contributed by atoms with Gasteiger partial charge in [0, 0.05) is 17.3 Å². The molecule has 4 N–H and O–H groups in total. The lowest BCUT2D eigenvalue weighted by molar-refractivity contribution is -0.119. The van der Waals surface area contributed by atoms with Crippen molar-refractivity contribution in [1.82, 2.24) is 5.43 Å². The summed E-state index contributed by atoms with van der Waals surface area (Å²) in [6, 6.07) is 13.4. The number of phenols is 2. The van der Waals surface area contributed by atoms with Crippen LogP contribution in [0.3, 0.4) is 0 Å². The first-order valence-electron chi connectivity index (χ1n) is 6.28. The lowest BCUT2D eigenvalue weighted by atomic mass is 10.2. The number of nitrogens with one attached hydrogen (secondary N) is 2. The number of para-hydroxylation sites is 1. The summed E-state index contributed by atoms with van der Waals surface area (Å²) >= 11 is 0. The van der Waals surface area contributed by atoms with Gasteiger partial charge in [0.15, 0.2) is 0 Å². The van der Waals surface area contributed by atoms with E-state index < -0.39 is 0 Å². The Morgan fingerprint density at radius 1 is 1.14 bits per heavy atom. The van der Waals surface area contributed by atoms with Gasteiger partial charge in [0.25, 0.3) is 5.91 Å². The van der Waals surface area contributed by atoms with Gasteiger partial charge in [-0.15, -0.1) is 0 Å².